The van der Waals surface area contributed by atoms with E-state index in [0.717, 1.165) is 17.0 Å². The lowest BCUT2D eigenvalue weighted by molar-refractivity contribution is -0.149. The summed E-state index contributed by atoms with van der Waals surface area (Å²) in [6.45, 7) is 1.61. The zero-order valence-corrected chi connectivity index (χ0v) is 11.0. The molecule has 0 bridgehead atoms. The second-order valence-electron chi connectivity index (χ2n) is 4.31. The fourth-order valence-electron chi connectivity index (χ4n) is 1.97. The Morgan fingerprint density at radius 1 is 1.43 bits per heavy atom. The number of benzene rings is 1. The molecule has 1 aromatic carbocycles. The van der Waals surface area contributed by atoms with E-state index >= 15 is 0 Å². The molecule has 4 nitrogen and oxygen atoms in total. The van der Waals surface area contributed by atoms with Gasteiger partial charge in [-0.15, -0.1) is 0 Å². The van der Waals surface area contributed by atoms with Crippen molar-refractivity contribution in [3.63, 3.8) is 0 Å². The van der Waals surface area contributed by atoms with Crippen LogP contribution in [0, 0.1) is 5.82 Å². The highest BCUT2D eigenvalue weighted by atomic mass is 19.4. The fourth-order valence-corrected chi connectivity index (χ4v) is 1.97. The van der Waals surface area contributed by atoms with Crippen LogP contribution in [-0.4, -0.2) is 28.9 Å². The molecule has 0 fully saturated rings. The van der Waals surface area contributed by atoms with Crippen LogP contribution in [0.4, 0.5) is 17.6 Å². The highest BCUT2D eigenvalue weighted by molar-refractivity contribution is 5.78. The van der Waals surface area contributed by atoms with Crippen LogP contribution in [0.25, 0.3) is 0 Å². The molecule has 0 spiro atoms. The zero-order valence-electron chi connectivity index (χ0n) is 11.0. The van der Waals surface area contributed by atoms with Crippen LogP contribution < -0.4 is 0 Å². The van der Waals surface area contributed by atoms with Crippen LogP contribution in [0.2, 0.25) is 0 Å². The summed E-state index contributed by atoms with van der Waals surface area (Å²) in [6, 6.07) is -0.127. The topological polar surface area (TPSA) is 57.6 Å². The van der Waals surface area contributed by atoms with Crippen molar-refractivity contribution in [3.05, 3.63) is 35.1 Å². The van der Waals surface area contributed by atoms with E-state index in [1.54, 1.807) is 6.92 Å². The van der Waals surface area contributed by atoms with E-state index in [1.807, 2.05) is 0 Å². The van der Waals surface area contributed by atoms with Gasteiger partial charge in [0.2, 0.25) is 6.41 Å². The molecule has 1 atom stereocenters. The summed E-state index contributed by atoms with van der Waals surface area (Å²) in [7, 11) is 0. The van der Waals surface area contributed by atoms with Crippen LogP contribution in [0.1, 0.15) is 30.5 Å². The number of carbonyl (C=O) groups excluding carboxylic acids is 1. The summed E-state index contributed by atoms with van der Waals surface area (Å²) < 4.78 is 51.9. The normalized spacial score (nSPS) is 12.8. The number of carbonyl (C=O) groups is 2. The molecule has 0 heterocycles. The third kappa shape index (κ3) is 3.93. The van der Waals surface area contributed by atoms with Gasteiger partial charge < -0.3 is 10.0 Å². The van der Waals surface area contributed by atoms with Crippen molar-refractivity contribution in [1.29, 1.82) is 0 Å². The third-order valence-electron chi connectivity index (χ3n) is 2.80. The molecule has 0 aliphatic carbocycles. The molecule has 1 aromatic rings. The van der Waals surface area contributed by atoms with E-state index in [9.17, 15) is 27.2 Å². The van der Waals surface area contributed by atoms with Gasteiger partial charge in [-0.2, -0.15) is 13.2 Å². The first-order valence-electron chi connectivity index (χ1n) is 6.02. The van der Waals surface area contributed by atoms with Gasteiger partial charge in [-0.3, -0.25) is 4.79 Å². The van der Waals surface area contributed by atoms with E-state index in [1.165, 1.54) is 0 Å². The average Bonchev–Trinajstić information content (AvgIpc) is 2.38. The van der Waals surface area contributed by atoms with Gasteiger partial charge in [0.1, 0.15) is 5.82 Å². The minimum Gasteiger partial charge on any atom is -0.479 e. The van der Waals surface area contributed by atoms with Gasteiger partial charge >= 0.3 is 12.1 Å². The van der Waals surface area contributed by atoms with Gasteiger partial charge in [0.05, 0.1) is 5.56 Å². The fraction of sp³-hybridized carbons (Fsp3) is 0.385. The first kappa shape index (κ1) is 16.9. The maximum Gasteiger partial charge on any atom is 0.416 e. The standard InChI is InChI=1S/C13H13F4NO3/c1-2-5-18(7-19)11(12(20)21)9-4-3-8(14)6-10(9)13(15,16)17/h3-4,6-7,11H,2,5H2,1H3,(H,20,21). The Morgan fingerprint density at radius 3 is 2.48 bits per heavy atom. The van der Waals surface area contributed by atoms with Gasteiger partial charge in [-0.25, -0.2) is 9.18 Å². The number of carboxylic acids is 1. The smallest absolute Gasteiger partial charge is 0.416 e. The lowest BCUT2D eigenvalue weighted by atomic mass is 9.98. The Balaban J connectivity index is 3.45. The lowest BCUT2D eigenvalue weighted by Gasteiger charge is -2.27. The highest BCUT2D eigenvalue weighted by Crippen LogP contribution is 2.36. The molecule has 1 amide bonds. The SMILES string of the molecule is CCCN(C=O)C(C(=O)O)c1ccc(F)cc1C(F)(F)F. The van der Waals surface area contributed by atoms with Gasteiger partial charge in [-0.1, -0.05) is 13.0 Å². The number of amides is 1. The Kier molecular flexibility index (Phi) is 5.28. The van der Waals surface area contributed by atoms with E-state index in [0.29, 0.717) is 6.42 Å². The average molecular weight is 307 g/mol. The largest absolute Gasteiger partial charge is 0.479 e. The molecule has 0 radical (unpaired) electrons. The molecule has 1 rings (SSSR count). The lowest BCUT2D eigenvalue weighted by Crippen LogP contribution is -2.35. The van der Waals surface area contributed by atoms with Crippen LogP contribution >= 0.6 is 0 Å². The van der Waals surface area contributed by atoms with Crippen molar-refractivity contribution < 1.29 is 32.3 Å². The minimum atomic E-state index is -4.92. The molecule has 0 saturated heterocycles. The molecule has 1 unspecified atom stereocenters. The number of hydrogen-bond acceptors (Lipinski definition) is 2. The van der Waals surface area contributed by atoms with Crippen molar-refractivity contribution in [2.75, 3.05) is 6.54 Å². The summed E-state index contributed by atoms with van der Waals surface area (Å²) >= 11 is 0. The van der Waals surface area contributed by atoms with Gasteiger partial charge in [0, 0.05) is 6.54 Å². The molecule has 0 aliphatic heterocycles. The molecular formula is C13H13F4NO3. The van der Waals surface area contributed by atoms with E-state index in [4.69, 9.17) is 5.11 Å². The number of halogens is 4. The molecular weight excluding hydrogens is 294 g/mol. The molecule has 116 valence electrons. The summed E-state index contributed by atoms with van der Waals surface area (Å²) in [4.78, 5) is 23.0. The minimum absolute atomic E-state index is 0.0326. The van der Waals surface area contributed by atoms with Crippen LogP contribution in [-0.2, 0) is 15.8 Å². The van der Waals surface area contributed by atoms with Crippen LogP contribution in [0.15, 0.2) is 18.2 Å². The van der Waals surface area contributed by atoms with E-state index in [2.05, 4.69) is 0 Å². The maximum absolute atomic E-state index is 13.0. The molecule has 21 heavy (non-hydrogen) atoms. The van der Waals surface area contributed by atoms with E-state index < -0.39 is 35.1 Å². The predicted octanol–water partition coefficient (Wildman–Crippen LogP) is 2.84. The van der Waals surface area contributed by atoms with Crippen molar-refractivity contribution in [1.82, 2.24) is 4.90 Å². The summed E-state index contributed by atoms with van der Waals surface area (Å²) in [5.74, 6) is -2.75. The Bertz CT molecular complexity index is 531. The first-order chi connectivity index (χ1) is 9.72. The molecule has 0 aliphatic rings. The molecule has 8 heteroatoms. The van der Waals surface area contributed by atoms with Gasteiger partial charge in [0.15, 0.2) is 6.04 Å². The number of nitrogens with zero attached hydrogens (tertiary/aromatic N) is 1. The predicted molar refractivity (Wildman–Crippen MR) is 64.8 cm³/mol. The third-order valence-corrected chi connectivity index (χ3v) is 2.80. The van der Waals surface area contributed by atoms with E-state index in [-0.39, 0.29) is 19.0 Å². The molecule has 0 saturated carbocycles. The summed E-state index contributed by atoms with van der Waals surface area (Å²) in [5.41, 5.74) is -2.07. The Morgan fingerprint density at radius 2 is 2.05 bits per heavy atom. The Hall–Kier alpha value is -2.12. The second-order valence-corrected chi connectivity index (χ2v) is 4.31. The number of rotatable bonds is 6. The van der Waals surface area contributed by atoms with Crippen molar-refractivity contribution in [2.24, 2.45) is 0 Å². The van der Waals surface area contributed by atoms with Gasteiger partial charge in [0.25, 0.3) is 0 Å². The quantitative estimate of drug-likeness (QED) is 0.649. The monoisotopic (exact) mass is 307 g/mol. The maximum atomic E-state index is 13.0. The van der Waals surface area contributed by atoms with Gasteiger partial charge in [-0.05, 0) is 24.1 Å². The van der Waals surface area contributed by atoms with Crippen molar-refractivity contribution >= 4 is 12.4 Å². The Labute approximate surface area is 118 Å². The van der Waals surface area contributed by atoms with Crippen LogP contribution in [0.3, 0.4) is 0 Å². The number of aliphatic carboxylic acids is 1. The number of carboxylic acid groups (broad SMARTS) is 1. The number of alkyl halides is 3. The van der Waals surface area contributed by atoms with Crippen molar-refractivity contribution in [2.45, 2.75) is 25.6 Å². The number of hydrogen-bond donors (Lipinski definition) is 1. The second kappa shape index (κ2) is 6.55. The van der Waals surface area contributed by atoms with Crippen molar-refractivity contribution in [3.8, 4) is 0 Å². The molecule has 0 aromatic heterocycles. The highest BCUT2D eigenvalue weighted by Gasteiger charge is 2.39. The van der Waals surface area contributed by atoms with Crippen LogP contribution in [0.5, 0.6) is 0 Å². The summed E-state index contributed by atoms with van der Waals surface area (Å²) in [6.07, 6.45) is -4.39. The first-order valence-corrected chi connectivity index (χ1v) is 6.02. The molecule has 1 N–H and O–H groups in total. The summed E-state index contributed by atoms with van der Waals surface area (Å²) in [5, 5.41) is 9.15. The zero-order chi connectivity index (χ0) is 16.2.